The van der Waals surface area contributed by atoms with Crippen LogP contribution in [-0.4, -0.2) is 47.0 Å². The first-order valence-electron chi connectivity index (χ1n) is 4.98. The number of carbonyl (C=O) groups is 2. The molecule has 1 aliphatic rings. The highest BCUT2D eigenvalue weighted by molar-refractivity contribution is 6.19. The average molecular weight is 252 g/mol. The van der Waals surface area contributed by atoms with Crippen LogP contribution >= 0.6 is 11.6 Å². The number of likely N-dealkylation sites (tertiary alicyclic amines) is 1. The third kappa shape index (κ3) is 4.14. The molecule has 1 aliphatic heterocycles. The minimum absolute atomic E-state index is 0.293. The third-order valence-corrected chi connectivity index (χ3v) is 2.32. The molecule has 1 rings (SSSR count). The second-order valence-corrected chi connectivity index (χ2v) is 4.11. The van der Waals surface area contributed by atoms with Gasteiger partial charge < -0.3 is 19.5 Å². The van der Waals surface area contributed by atoms with Gasteiger partial charge in [0.1, 0.15) is 6.10 Å². The van der Waals surface area contributed by atoms with Crippen LogP contribution in [0.25, 0.3) is 0 Å². The number of hydrogen-bond donors (Lipinski definition) is 1. The van der Waals surface area contributed by atoms with Crippen LogP contribution in [0.5, 0.6) is 0 Å². The molecule has 0 radical (unpaired) electrons. The lowest BCUT2D eigenvalue weighted by Crippen LogP contribution is -2.40. The maximum atomic E-state index is 11.1. The number of hydrogen-bond acceptors (Lipinski definition) is 4. The lowest BCUT2D eigenvalue weighted by atomic mass is 10.1. The van der Waals surface area contributed by atoms with E-state index in [-0.39, 0.29) is 6.10 Å². The van der Waals surface area contributed by atoms with Crippen molar-refractivity contribution in [3.8, 4) is 0 Å². The molecule has 1 saturated heterocycles. The Kier molecular flexibility index (Phi) is 4.67. The molecule has 1 unspecified atom stereocenters. The Hall–Kier alpha value is -1.17. The molecule has 1 heterocycles. The summed E-state index contributed by atoms with van der Waals surface area (Å²) < 4.78 is 9.57. The van der Waals surface area contributed by atoms with E-state index in [9.17, 15) is 9.59 Å². The fraction of sp³-hybridized carbons (Fsp3) is 0.778. The Bertz CT molecular complexity index is 263. The van der Waals surface area contributed by atoms with E-state index in [0.717, 1.165) is 0 Å². The first kappa shape index (κ1) is 12.9. The molecule has 16 heavy (non-hydrogen) atoms. The molecule has 92 valence electrons. The fourth-order valence-corrected chi connectivity index (χ4v) is 1.53. The van der Waals surface area contributed by atoms with Crippen molar-refractivity contribution < 1.29 is 24.2 Å². The summed E-state index contributed by atoms with van der Waals surface area (Å²) in [6, 6.07) is 0. The van der Waals surface area contributed by atoms with Crippen LogP contribution in [-0.2, 0) is 9.47 Å². The number of rotatable bonds is 2. The molecule has 1 fully saturated rings. The predicted molar refractivity (Wildman–Crippen MR) is 55.5 cm³/mol. The number of piperidine rings is 1. The van der Waals surface area contributed by atoms with Crippen molar-refractivity contribution in [2.75, 3.05) is 13.1 Å². The standard InChI is InChI=1S/C9H14ClNO5/c1-6(10)15-9(14)16-7-2-4-11(5-3-7)8(12)13/h6-7H,2-5H2,1H3,(H,12,13). The van der Waals surface area contributed by atoms with Gasteiger partial charge in [-0.1, -0.05) is 11.6 Å². The maximum Gasteiger partial charge on any atom is 0.510 e. The van der Waals surface area contributed by atoms with Crippen molar-refractivity contribution in [1.29, 1.82) is 0 Å². The predicted octanol–water partition coefficient (Wildman–Crippen LogP) is 1.87. The van der Waals surface area contributed by atoms with E-state index in [1.54, 1.807) is 0 Å². The second kappa shape index (κ2) is 5.79. The zero-order chi connectivity index (χ0) is 12.1. The quantitative estimate of drug-likeness (QED) is 0.599. The van der Waals surface area contributed by atoms with Crippen LogP contribution in [0.4, 0.5) is 9.59 Å². The lowest BCUT2D eigenvalue weighted by molar-refractivity contribution is -0.00144. The largest absolute Gasteiger partial charge is 0.510 e. The highest BCUT2D eigenvalue weighted by Gasteiger charge is 2.25. The van der Waals surface area contributed by atoms with E-state index in [1.165, 1.54) is 11.8 Å². The lowest BCUT2D eigenvalue weighted by Gasteiger charge is -2.29. The minimum Gasteiger partial charge on any atom is -0.465 e. The number of carboxylic acid groups (broad SMARTS) is 1. The molecule has 1 N–H and O–H groups in total. The van der Waals surface area contributed by atoms with Crippen LogP contribution in [0.1, 0.15) is 19.8 Å². The summed E-state index contributed by atoms with van der Waals surface area (Å²) in [6.07, 6.45) is -1.08. The van der Waals surface area contributed by atoms with Gasteiger partial charge in [-0.05, 0) is 6.92 Å². The van der Waals surface area contributed by atoms with Crippen molar-refractivity contribution in [2.45, 2.75) is 31.4 Å². The molecule has 0 aliphatic carbocycles. The SMILES string of the molecule is CC(Cl)OC(=O)OC1CCN(C(=O)O)CC1. The number of nitrogens with zero attached hydrogens (tertiary/aromatic N) is 1. The van der Waals surface area contributed by atoms with Crippen molar-refractivity contribution in [3.05, 3.63) is 0 Å². The molecule has 1 atom stereocenters. The third-order valence-electron chi connectivity index (χ3n) is 2.23. The molecule has 0 aromatic carbocycles. The van der Waals surface area contributed by atoms with E-state index in [0.29, 0.717) is 25.9 Å². The van der Waals surface area contributed by atoms with E-state index in [1.807, 2.05) is 0 Å². The zero-order valence-corrected chi connectivity index (χ0v) is 9.64. The summed E-state index contributed by atoms with van der Waals surface area (Å²) in [7, 11) is 0. The van der Waals surface area contributed by atoms with Gasteiger partial charge in [0, 0.05) is 25.9 Å². The van der Waals surface area contributed by atoms with E-state index in [4.69, 9.17) is 21.4 Å². The number of alkyl halides is 1. The van der Waals surface area contributed by atoms with Crippen LogP contribution in [0.15, 0.2) is 0 Å². The monoisotopic (exact) mass is 251 g/mol. The summed E-state index contributed by atoms with van der Waals surface area (Å²) in [5.74, 6) is 0. The maximum absolute atomic E-state index is 11.1. The second-order valence-electron chi connectivity index (χ2n) is 3.50. The molecular formula is C9H14ClNO5. The molecule has 0 aromatic rings. The van der Waals surface area contributed by atoms with Gasteiger partial charge in [0.15, 0.2) is 5.56 Å². The molecule has 0 saturated carbocycles. The summed E-state index contributed by atoms with van der Waals surface area (Å²) in [4.78, 5) is 23.0. The van der Waals surface area contributed by atoms with Gasteiger partial charge >= 0.3 is 12.2 Å². The first-order chi connectivity index (χ1) is 7.49. The van der Waals surface area contributed by atoms with Crippen LogP contribution in [0.3, 0.4) is 0 Å². The van der Waals surface area contributed by atoms with Crippen LogP contribution in [0, 0.1) is 0 Å². The van der Waals surface area contributed by atoms with Gasteiger partial charge in [-0.3, -0.25) is 0 Å². The van der Waals surface area contributed by atoms with Crippen molar-refractivity contribution in [2.24, 2.45) is 0 Å². The van der Waals surface area contributed by atoms with Crippen LogP contribution in [0.2, 0.25) is 0 Å². The summed E-state index contributed by atoms with van der Waals surface area (Å²) in [6.45, 7) is 2.24. The van der Waals surface area contributed by atoms with Gasteiger partial charge in [0.05, 0.1) is 0 Å². The Morgan fingerprint density at radius 3 is 2.44 bits per heavy atom. The number of amides is 1. The van der Waals surface area contributed by atoms with Crippen molar-refractivity contribution in [1.82, 2.24) is 4.90 Å². The summed E-state index contributed by atoms with van der Waals surface area (Å²) >= 11 is 5.45. The van der Waals surface area contributed by atoms with Gasteiger partial charge in [0.25, 0.3) is 0 Å². The normalized spacial score (nSPS) is 19.0. The van der Waals surface area contributed by atoms with E-state index in [2.05, 4.69) is 4.74 Å². The Balaban J connectivity index is 2.26. The Labute approximate surface area is 98.1 Å². The highest BCUT2D eigenvalue weighted by Crippen LogP contribution is 2.15. The van der Waals surface area contributed by atoms with Gasteiger partial charge in [-0.2, -0.15) is 0 Å². The van der Waals surface area contributed by atoms with Crippen molar-refractivity contribution in [3.63, 3.8) is 0 Å². The van der Waals surface area contributed by atoms with Crippen molar-refractivity contribution >= 4 is 23.8 Å². The molecular weight excluding hydrogens is 238 g/mol. The minimum atomic E-state index is -0.949. The topological polar surface area (TPSA) is 76.1 Å². The van der Waals surface area contributed by atoms with Gasteiger partial charge in [-0.15, -0.1) is 0 Å². The molecule has 0 bridgehead atoms. The average Bonchev–Trinajstić information content (AvgIpc) is 2.16. The zero-order valence-electron chi connectivity index (χ0n) is 8.89. The molecule has 6 nitrogen and oxygen atoms in total. The van der Waals surface area contributed by atoms with E-state index >= 15 is 0 Å². The number of halogens is 1. The molecule has 0 spiro atoms. The first-order valence-corrected chi connectivity index (χ1v) is 5.42. The summed E-state index contributed by atoms with van der Waals surface area (Å²) in [5.41, 5.74) is -0.730. The Morgan fingerprint density at radius 1 is 1.44 bits per heavy atom. The number of carbonyl (C=O) groups excluding carboxylic acids is 1. The van der Waals surface area contributed by atoms with Gasteiger partial charge in [0.2, 0.25) is 0 Å². The Morgan fingerprint density at radius 2 is 2.00 bits per heavy atom. The highest BCUT2D eigenvalue weighted by atomic mass is 35.5. The molecule has 0 aromatic heterocycles. The molecule has 1 amide bonds. The smallest absolute Gasteiger partial charge is 0.465 e. The molecule has 7 heteroatoms. The van der Waals surface area contributed by atoms with Crippen LogP contribution < -0.4 is 0 Å². The van der Waals surface area contributed by atoms with E-state index < -0.39 is 17.8 Å². The number of ether oxygens (including phenoxy) is 2. The summed E-state index contributed by atoms with van der Waals surface area (Å²) in [5, 5.41) is 8.70. The van der Waals surface area contributed by atoms with Gasteiger partial charge in [-0.25, -0.2) is 9.59 Å². The fourth-order valence-electron chi connectivity index (χ4n) is 1.46.